The van der Waals surface area contributed by atoms with Gasteiger partial charge < -0.3 is 5.73 Å². The van der Waals surface area contributed by atoms with Crippen LogP contribution < -0.4 is 5.73 Å². The molecule has 12 heavy (non-hydrogen) atoms. The molecule has 0 atom stereocenters. The summed E-state index contributed by atoms with van der Waals surface area (Å²) in [4.78, 5) is 1.57. The number of hydrogen-bond acceptors (Lipinski definition) is 2. The third kappa shape index (κ3) is 1.02. The second kappa shape index (κ2) is 2.57. The van der Waals surface area contributed by atoms with E-state index in [1.807, 2.05) is 11.3 Å². The maximum atomic E-state index is 5.70. The fourth-order valence-electron chi connectivity index (χ4n) is 2.14. The normalized spacial score (nSPS) is 19.6. The average molecular weight is 181 g/mol. The van der Waals surface area contributed by atoms with Gasteiger partial charge in [0, 0.05) is 11.4 Å². The van der Waals surface area contributed by atoms with Crippen molar-refractivity contribution in [3.05, 3.63) is 21.4 Å². The molecule has 1 nitrogen and oxygen atoms in total. The van der Waals surface area contributed by atoms with Crippen LogP contribution in [0, 0.1) is 0 Å². The highest BCUT2D eigenvalue weighted by Crippen LogP contribution is 2.43. The second-order valence-corrected chi connectivity index (χ2v) is 5.11. The molecule has 1 aliphatic rings. The molecular formula is C10H15NS. The van der Waals surface area contributed by atoms with Crippen molar-refractivity contribution in [1.82, 2.24) is 0 Å². The van der Waals surface area contributed by atoms with Gasteiger partial charge in [0.1, 0.15) is 0 Å². The van der Waals surface area contributed by atoms with Crippen LogP contribution in [0.25, 0.3) is 0 Å². The lowest BCUT2D eigenvalue weighted by Crippen LogP contribution is -2.14. The topological polar surface area (TPSA) is 26.0 Å². The highest BCUT2D eigenvalue weighted by molar-refractivity contribution is 7.10. The summed E-state index contributed by atoms with van der Waals surface area (Å²) < 4.78 is 0. The molecule has 0 unspecified atom stereocenters. The van der Waals surface area contributed by atoms with Gasteiger partial charge in [-0.25, -0.2) is 0 Å². The summed E-state index contributed by atoms with van der Waals surface area (Å²) in [7, 11) is 0. The Balaban J connectivity index is 2.53. The van der Waals surface area contributed by atoms with Crippen molar-refractivity contribution in [3.8, 4) is 0 Å². The summed E-state index contributed by atoms with van der Waals surface area (Å²) >= 11 is 1.89. The lowest BCUT2D eigenvalue weighted by atomic mass is 9.85. The zero-order valence-electron chi connectivity index (χ0n) is 7.68. The van der Waals surface area contributed by atoms with Crippen molar-refractivity contribution in [2.45, 2.75) is 38.6 Å². The number of thiophene rings is 1. The van der Waals surface area contributed by atoms with Crippen LogP contribution in [0.4, 0.5) is 0 Å². The average Bonchev–Trinajstić information content (AvgIpc) is 2.53. The first-order valence-corrected chi connectivity index (χ1v) is 5.33. The first-order valence-electron chi connectivity index (χ1n) is 4.45. The van der Waals surface area contributed by atoms with Gasteiger partial charge in [-0.2, -0.15) is 0 Å². The van der Waals surface area contributed by atoms with E-state index in [1.165, 1.54) is 18.4 Å². The first-order chi connectivity index (χ1) is 5.65. The molecule has 1 aromatic rings. The number of nitrogens with two attached hydrogens (primary N) is 1. The Morgan fingerprint density at radius 2 is 2.33 bits per heavy atom. The van der Waals surface area contributed by atoms with E-state index in [0.717, 1.165) is 0 Å². The van der Waals surface area contributed by atoms with Gasteiger partial charge in [0.05, 0.1) is 0 Å². The second-order valence-electron chi connectivity index (χ2n) is 4.15. The molecule has 0 aliphatic heterocycles. The molecule has 1 aromatic heterocycles. The van der Waals surface area contributed by atoms with E-state index in [9.17, 15) is 0 Å². The van der Waals surface area contributed by atoms with Gasteiger partial charge in [-0.15, -0.1) is 11.3 Å². The minimum Gasteiger partial charge on any atom is -0.326 e. The quantitative estimate of drug-likeness (QED) is 0.707. The van der Waals surface area contributed by atoms with Crippen LogP contribution in [-0.2, 0) is 18.4 Å². The first kappa shape index (κ1) is 8.27. The number of rotatable bonds is 1. The monoisotopic (exact) mass is 181 g/mol. The summed E-state index contributed by atoms with van der Waals surface area (Å²) in [5, 5.41) is 2.23. The molecule has 2 rings (SSSR count). The molecule has 0 radical (unpaired) electrons. The summed E-state index contributed by atoms with van der Waals surface area (Å²) in [6.07, 6.45) is 2.55. The van der Waals surface area contributed by atoms with Crippen LogP contribution in [0.3, 0.4) is 0 Å². The predicted octanol–water partition coefficient (Wildman–Crippen LogP) is 2.43. The number of aryl methyl sites for hydroxylation is 1. The number of fused-ring (bicyclic) bond motifs is 1. The molecule has 0 amide bonds. The van der Waals surface area contributed by atoms with Crippen LogP contribution >= 0.6 is 11.3 Å². The minimum absolute atomic E-state index is 0.379. The zero-order chi connectivity index (χ0) is 8.77. The van der Waals surface area contributed by atoms with E-state index in [4.69, 9.17) is 5.73 Å². The maximum Gasteiger partial charge on any atom is 0.0189 e. The lowest BCUT2D eigenvalue weighted by Gasteiger charge is -2.19. The summed E-state index contributed by atoms with van der Waals surface area (Å²) in [5.74, 6) is 0. The van der Waals surface area contributed by atoms with Crippen molar-refractivity contribution in [1.29, 1.82) is 0 Å². The van der Waals surface area contributed by atoms with Gasteiger partial charge in [0.15, 0.2) is 0 Å². The van der Waals surface area contributed by atoms with Crippen molar-refractivity contribution < 1.29 is 0 Å². The molecule has 2 heteroatoms. The SMILES string of the molecule is CC1(C)CCc2scc(CN)c21. The van der Waals surface area contributed by atoms with Crippen molar-refractivity contribution in [2.75, 3.05) is 0 Å². The Morgan fingerprint density at radius 3 is 3.00 bits per heavy atom. The highest BCUT2D eigenvalue weighted by atomic mass is 32.1. The van der Waals surface area contributed by atoms with E-state index in [2.05, 4.69) is 19.2 Å². The minimum atomic E-state index is 0.379. The van der Waals surface area contributed by atoms with Crippen LogP contribution in [-0.4, -0.2) is 0 Å². The zero-order valence-corrected chi connectivity index (χ0v) is 8.50. The molecule has 1 heterocycles. The molecule has 0 bridgehead atoms. The van der Waals surface area contributed by atoms with E-state index in [-0.39, 0.29) is 0 Å². The summed E-state index contributed by atoms with van der Waals surface area (Å²) in [6, 6.07) is 0. The Bertz CT molecular complexity index is 299. The molecule has 0 saturated carbocycles. The van der Waals surface area contributed by atoms with Crippen LogP contribution in [0.1, 0.15) is 36.3 Å². The molecule has 0 spiro atoms. The van der Waals surface area contributed by atoms with Gasteiger partial charge in [-0.1, -0.05) is 13.8 Å². The fourth-order valence-corrected chi connectivity index (χ4v) is 3.38. The smallest absolute Gasteiger partial charge is 0.0189 e. The molecule has 0 fully saturated rings. The van der Waals surface area contributed by atoms with Gasteiger partial charge in [-0.05, 0) is 34.8 Å². The maximum absolute atomic E-state index is 5.70. The molecule has 0 saturated heterocycles. The lowest BCUT2D eigenvalue weighted by molar-refractivity contribution is 0.518. The molecular weight excluding hydrogens is 166 g/mol. The molecule has 0 aromatic carbocycles. The Kier molecular flexibility index (Phi) is 1.77. The predicted molar refractivity (Wildman–Crippen MR) is 53.6 cm³/mol. The van der Waals surface area contributed by atoms with Crippen LogP contribution in [0.2, 0.25) is 0 Å². The van der Waals surface area contributed by atoms with Crippen LogP contribution in [0.5, 0.6) is 0 Å². The summed E-state index contributed by atoms with van der Waals surface area (Å²) in [5.41, 5.74) is 9.00. The van der Waals surface area contributed by atoms with Gasteiger partial charge in [0.2, 0.25) is 0 Å². The fraction of sp³-hybridized carbons (Fsp3) is 0.600. The van der Waals surface area contributed by atoms with E-state index in [0.29, 0.717) is 12.0 Å². The molecule has 2 N–H and O–H groups in total. The summed E-state index contributed by atoms with van der Waals surface area (Å²) in [6.45, 7) is 5.35. The van der Waals surface area contributed by atoms with Crippen molar-refractivity contribution >= 4 is 11.3 Å². The van der Waals surface area contributed by atoms with E-state index < -0.39 is 0 Å². The van der Waals surface area contributed by atoms with Crippen molar-refractivity contribution in [3.63, 3.8) is 0 Å². The van der Waals surface area contributed by atoms with E-state index in [1.54, 1.807) is 10.4 Å². The Labute approximate surface area is 77.6 Å². The van der Waals surface area contributed by atoms with Crippen LogP contribution in [0.15, 0.2) is 5.38 Å². The number of hydrogen-bond donors (Lipinski definition) is 1. The molecule has 1 aliphatic carbocycles. The Morgan fingerprint density at radius 1 is 1.58 bits per heavy atom. The van der Waals surface area contributed by atoms with Gasteiger partial charge in [0.25, 0.3) is 0 Å². The highest BCUT2D eigenvalue weighted by Gasteiger charge is 2.32. The van der Waals surface area contributed by atoms with E-state index >= 15 is 0 Å². The van der Waals surface area contributed by atoms with Gasteiger partial charge >= 0.3 is 0 Å². The largest absolute Gasteiger partial charge is 0.326 e. The third-order valence-electron chi connectivity index (χ3n) is 2.82. The standard InChI is InChI=1S/C10H15NS/c1-10(2)4-3-8-9(10)7(5-11)6-12-8/h6H,3-5,11H2,1-2H3. The van der Waals surface area contributed by atoms with Gasteiger partial charge in [-0.3, -0.25) is 0 Å². The van der Waals surface area contributed by atoms with Crippen molar-refractivity contribution in [2.24, 2.45) is 5.73 Å². The molecule has 66 valence electrons. The third-order valence-corrected chi connectivity index (χ3v) is 3.91. The Hall–Kier alpha value is -0.340.